The summed E-state index contributed by atoms with van der Waals surface area (Å²) < 4.78 is 18.8. The SMILES string of the molecule is O=C(c1cccc(F)n1)N1CCOC(c2ccccc2)C1. The fourth-order valence-corrected chi connectivity index (χ4v) is 2.39. The summed E-state index contributed by atoms with van der Waals surface area (Å²) in [5.41, 5.74) is 1.16. The van der Waals surface area contributed by atoms with Gasteiger partial charge < -0.3 is 9.64 Å². The Labute approximate surface area is 122 Å². The zero-order valence-corrected chi connectivity index (χ0v) is 11.4. The molecule has 1 aromatic heterocycles. The van der Waals surface area contributed by atoms with E-state index in [0.717, 1.165) is 5.56 Å². The van der Waals surface area contributed by atoms with E-state index in [9.17, 15) is 9.18 Å². The van der Waals surface area contributed by atoms with Crippen molar-refractivity contribution in [3.8, 4) is 0 Å². The van der Waals surface area contributed by atoms with Crippen LogP contribution in [0.4, 0.5) is 4.39 Å². The van der Waals surface area contributed by atoms with E-state index in [4.69, 9.17) is 4.74 Å². The summed E-state index contributed by atoms with van der Waals surface area (Å²) in [5.74, 6) is -0.910. The molecule has 4 nitrogen and oxygen atoms in total. The summed E-state index contributed by atoms with van der Waals surface area (Å²) >= 11 is 0. The molecule has 0 spiro atoms. The number of aromatic nitrogens is 1. The highest BCUT2D eigenvalue weighted by atomic mass is 19.1. The number of pyridine rings is 1. The predicted molar refractivity (Wildman–Crippen MR) is 75.2 cm³/mol. The summed E-state index contributed by atoms with van der Waals surface area (Å²) in [4.78, 5) is 17.7. The van der Waals surface area contributed by atoms with Crippen molar-refractivity contribution in [2.24, 2.45) is 0 Å². The first-order valence-corrected chi connectivity index (χ1v) is 6.82. The first-order valence-electron chi connectivity index (χ1n) is 6.82. The number of morpholine rings is 1. The molecular formula is C16H15FN2O2. The van der Waals surface area contributed by atoms with Gasteiger partial charge in [-0.3, -0.25) is 4.79 Å². The molecule has 3 rings (SSSR count). The average molecular weight is 286 g/mol. The molecule has 1 atom stereocenters. The highest BCUT2D eigenvalue weighted by Crippen LogP contribution is 2.22. The molecule has 0 N–H and O–H groups in total. The Bertz CT molecular complexity index is 633. The Kier molecular flexibility index (Phi) is 3.92. The van der Waals surface area contributed by atoms with Gasteiger partial charge in [-0.15, -0.1) is 0 Å². The van der Waals surface area contributed by atoms with Crippen LogP contribution in [-0.4, -0.2) is 35.5 Å². The van der Waals surface area contributed by atoms with E-state index in [-0.39, 0.29) is 17.7 Å². The average Bonchev–Trinajstić information content (AvgIpc) is 2.55. The monoisotopic (exact) mass is 286 g/mol. The van der Waals surface area contributed by atoms with Gasteiger partial charge in [0.2, 0.25) is 5.95 Å². The molecule has 21 heavy (non-hydrogen) atoms. The molecule has 0 saturated carbocycles. The molecule has 1 aliphatic heterocycles. The van der Waals surface area contributed by atoms with Crippen LogP contribution >= 0.6 is 0 Å². The van der Waals surface area contributed by atoms with E-state index in [1.54, 1.807) is 4.90 Å². The normalized spacial score (nSPS) is 18.5. The van der Waals surface area contributed by atoms with Gasteiger partial charge in [0.25, 0.3) is 5.91 Å². The molecule has 1 aromatic carbocycles. The van der Waals surface area contributed by atoms with E-state index in [0.29, 0.717) is 19.7 Å². The van der Waals surface area contributed by atoms with Gasteiger partial charge in [0.05, 0.1) is 13.2 Å². The number of ether oxygens (including phenoxy) is 1. The largest absolute Gasteiger partial charge is 0.370 e. The lowest BCUT2D eigenvalue weighted by Gasteiger charge is -2.33. The van der Waals surface area contributed by atoms with E-state index in [1.807, 2.05) is 30.3 Å². The Hall–Kier alpha value is -2.27. The smallest absolute Gasteiger partial charge is 0.272 e. The number of hydrogen-bond donors (Lipinski definition) is 0. The highest BCUT2D eigenvalue weighted by Gasteiger charge is 2.26. The minimum Gasteiger partial charge on any atom is -0.370 e. The molecule has 2 aromatic rings. The lowest BCUT2D eigenvalue weighted by atomic mass is 10.1. The molecular weight excluding hydrogens is 271 g/mol. The van der Waals surface area contributed by atoms with Crippen LogP contribution in [-0.2, 0) is 4.74 Å². The Morgan fingerprint density at radius 2 is 2.00 bits per heavy atom. The number of carbonyl (C=O) groups is 1. The molecule has 0 aliphatic carbocycles. The Balaban J connectivity index is 1.75. The summed E-state index contributed by atoms with van der Waals surface area (Å²) in [6, 6.07) is 14.0. The fraction of sp³-hybridized carbons (Fsp3) is 0.250. The van der Waals surface area contributed by atoms with Crippen molar-refractivity contribution in [1.29, 1.82) is 0 Å². The number of halogens is 1. The lowest BCUT2D eigenvalue weighted by Crippen LogP contribution is -2.42. The number of amides is 1. The van der Waals surface area contributed by atoms with Gasteiger partial charge in [-0.25, -0.2) is 4.98 Å². The molecule has 1 amide bonds. The van der Waals surface area contributed by atoms with Gasteiger partial charge in [-0.2, -0.15) is 4.39 Å². The third-order valence-corrected chi connectivity index (χ3v) is 3.46. The fourth-order valence-electron chi connectivity index (χ4n) is 2.39. The van der Waals surface area contributed by atoms with Crippen molar-refractivity contribution < 1.29 is 13.9 Å². The molecule has 0 radical (unpaired) electrons. The van der Waals surface area contributed by atoms with Crippen molar-refractivity contribution in [2.75, 3.05) is 19.7 Å². The zero-order chi connectivity index (χ0) is 14.7. The van der Waals surface area contributed by atoms with Crippen LogP contribution in [0.25, 0.3) is 0 Å². The van der Waals surface area contributed by atoms with Crippen molar-refractivity contribution in [3.05, 3.63) is 65.7 Å². The van der Waals surface area contributed by atoms with Gasteiger partial charge in [0, 0.05) is 6.54 Å². The van der Waals surface area contributed by atoms with E-state index in [2.05, 4.69) is 4.98 Å². The van der Waals surface area contributed by atoms with Gasteiger partial charge in [0.15, 0.2) is 0 Å². The Morgan fingerprint density at radius 3 is 2.76 bits per heavy atom. The molecule has 1 aliphatic rings. The minimum atomic E-state index is -0.645. The van der Waals surface area contributed by atoms with Gasteiger partial charge in [-0.1, -0.05) is 36.4 Å². The number of benzene rings is 1. The predicted octanol–water partition coefficient (Wildman–Crippen LogP) is 2.43. The summed E-state index contributed by atoms with van der Waals surface area (Å²) in [6.07, 6.45) is -0.155. The quantitative estimate of drug-likeness (QED) is 0.796. The van der Waals surface area contributed by atoms with Crippen LogP contribution < -0.4 is 0 Å². The number of carbonyl (C=O) groups excluding carboxylic acids is 1. The van der Waals surface area contributed by atoms with Gasteiger partial charge in [-0.05, 0) is 17.7 Å². The maximum absolute atomic E-state index is 13.1. The van der Waals surface area contributed by atoms with Gasteiger partial charge >= 0.3 is 0 Å². The lowest BCUT2D eigenvalue weighted by molar-refractivity contribution is -0.0230. The maximum atomic E-state index is 13.1. The number of rotatable bonds is 2. The zero-order valence-electron chi connectivity index (χ0n) is 11.4. The topological polar surface area (TPSA) is 42.4 Å². The second-order valence-electron chi connectivity index (χ2n) is 4.87. The van der Waals surface area contributed by atoms with Gasteiger partial charge in [0.1, 0.15) is 11.8 Å². The number of hydrogen-bond acceptors (Lipinski definition) is 3. The highest BCUT2D eigenvalue weighted by molar-refractivity contribution is 5.92. The van der Waals surface area contributed by atoms with Crippen LogP contribution in [0.2, 0.25) is 0 Å². The second-order valence-corrected chi connectivity index (χ2v) is 4.87. The standard InChI is InChI=1S/C16H15FN2O2/c17-15-8-4-7-13(18-15)16(20)19-9-10-21-14(11-19)12-5-2-1-3-6-12/h1-8,14H,9-11H2. The Morgan fingerprint density at radius 1 is 1.19 bits per heavy atom. The molecule has 0 bridgehead atoms. The molecule has 1 saturated heterocycles. The summed E-state index contributed by atoms with van der Waals surface area (Å²) in [7, 11) is 0. The molecule has 108 valence electrons. The molecule has 1 fully saturated rings. The second kappa shape index (κ2) is 6.01. The van der Waals surface area contributed by atoms with Crippen molar-refractivity contribution in [1.82, 2.24) is 9.88 Å². The molecule has 2 heterocycles. The summed E-state index contributed by atoms with van der Waals surface area (Å²) in [6.45, 7) is 1.39. The van der Waals surface area contributed by atoms with Crippen molar-refractivity contribution in [2.45, 2.75) is 6.10 Å². The van der Waals surface area contributed by atoms with Crippen LogP contribution in [0.1, 0.15) is 22.2 Å². The minimum absolute atomic E-state index is 0.128. The van der Waals surface area contributed by atoms with Crippen LogP contribution in [0.15, 0.2) is 48.5 Å². The van der Waals surface area contributed by atoms with Crippen LogP contribution in [0.3, 0.4) is 0 Å². The van der Waals surface area contributed by atoms with Crippen molar-refractivity contribution >= 4 is 5.91 Å². The van der Waals surface area contributed by atoms with Crippen LogP contribution in [0.5, 0.6) is 0 Å². The first kappa shape index (κ1) is 13.7. The third kappa shape index (κ3) is 3.08. The molecule has 1 unspecified atom stereocenters. The molecule has 5 heteroatoms. The van der Waals surface area contributed by atoms with E-state index in [1.165, 1.54) is 18.2 Å². The summed E-state index contributed by atoms with van der Waals surface area (Å²) in [5, 5.41) is 0. The third-order valence-electron chi connectivity index (χ3n) is 3.46. The van der Waals surface area contributed by atoms with Crippen LogP contribution in [0, 0.1) is 5.95 Å². The van der Waals surface area contributed by atoms with E-state index < -0.39 is 5.95 Å². The maximum Gasteiger partial charge on any atom is 0.272 e. The van der Waals surface area contributed by atoms with Crippen molar-refractivity contribution in [3.63, 3.8) is 0 Å². The number of nitrogens with zero attached hydrogens (tertiary/aromatic N) is 2. The van der Waals surface area contributed by atoms with E-state index >= 15 is 0 Å². The first-order chi connectivity index (χ1) is 10.2.